The van der Waals surface area contributed by atoms with Gasteiger partial charge in [-0.15, -0.1) is 10.2 Å². The Balaban J connectivity index is 1.40. The molecule has 0 fully saturated rings. The maximum absolute atomic E-state index is 13.2. The van der Waals surface area contributed by atoms with E-state index in [-0.39, 0.29) is 11.4 Å². The number of amides is 1. The van der Waals surface area contributed by atoms with Crippen LogP contribution in [0.1, 0.15) is 5.56 Å². The summed E-state index contributed by atoms with van der Waals surface area (Å²) in [5.41, 5.74) is 2.20. The maximum atomic E-state index is 13.2. The molecule has 0 aliphatic carbocycles. The van der Waals surface area contributed by atoms with Crippen LogP contribution < -0.4 is 5.32 Å². The number of alkyl halides is 3. The minimum atomic E-state index is -4.57. The van der Waals surface area contributed by atoms with Crippen molar-refractivity contribution < 1.29 is 18.0 Å². The number of anilines is 1. The van der Waals surface area contributed by atoms with Crippen LogP contribution in [0.3, 0.4) is 0 Å². The van der Waals surface area contributed by atoms with Gasteiger partial charge in [-0.2, -0.15) is 13.2 Å². The van der Waals surface area contributed by atoms with E-state index < -0.39 is 17.6 Å². The summed E-state index contributed by atoms with van der Waals surface area (Å²) < 4.78 is 41.5. The molecular weight excluding hydrogens is 499 g/mol. The number of aromatic nitrogens is 4. The molecule has 0 unspecified atom stereocenters. The molecule has 0 aliphatic heterocycles. The average molecular weight is 520 g/mol. The zero-order chi connectivity index (χ0) is 26.0. The summed E-state index contributed by atoms with van der Waals surface area (Å²) in [4.78, 5) is 17.3. The first-order valence-electron chi connectivity index (χ1n) is 11.2. The topological polar surface area (TPSA) is 72.7 Å². The number of hydrogen-bond donors (Lipinski definition) is 1. The normalized spacial score (nSPS) is 11.6. The van der Waals surface area contributed by atoms with Crippen molar-refractivity contribution in [3.8, 4) is 22.6 Å². The molecule has 6 nitrogen and oxygen atoms in total. The van der Waals surface area contributed by atoms with E-state index in [1.54, 1.807) is 11.6 Å². The Kier molecular flexibility index (Phi) is 6.66. The van der Waals surface area contributed by atoms with Crippen LogP contribution >= 0.6 is 11.8 Å². The van der Waals surface area contributed by atoms with Crippen molar-refractivity contribution in [2.45, 2.75) is 11.3 Å². The zero-order valence-corrected chi connectivity index (χ0v) is 20.3. The second-order valence-electron chi connectivity index (χ2n) is 8.18. The van der Waals surface area contributed by atoms with Crippen LogP contribution in [0.25, 0.3) is 33.5 Å². The summed E-state index contributed by atoms with van der Waals surface area (Å²) in [6, 6.07) is 24.4. The van der Waals surface area contributed by atoms with Crippen molar-refractivity contribution >= 4 is 34.3 Å². The molecule has 186 valence electrons. The summed E-state index contributed by atoms with van der Waals surface area (Å²) in [6.07, 6.45) is -4.57. The monoisotopic (exact) mass is 519 g/mol. The Morgan fingerprint density at radius 1 is 0.946 bits per heavy atom. The molecule has 2 aromatic heterocycles. The maximum Gasteiger partial charge on any atom is 0.418 e. The minimum absolute atomic E-state index is 0.134. The van der Waals surface area contributed by atoms with Crippen molar-refractivity contribution in [2.24, 2.45) is 7.05 Å². The van der Waals surface area contributed by atoms with Crippen LogP contribution in [0.15, 0.2) is 90.1 Å². The van der Waals surface area contributed by atoms with Gasteiger partial charge in [0.25, 0.3) is 0 Å². The Bertz CT molecular complexity index is 1580. The number of para-hydroxylation sites is 2. The number of fused-ring (bicyclic) bond motifs is 1. The number of rotatable bonds is 6. The van der Waals surface area contributed by atoms with Crippen LogP contribution in [0.4, 0.5) is 18.9 Å². The van der Waals surface area contributed by atoms with Crippen molar-refractivity contribution in [3.05, 3.63) is 90.5 Å². The molecule has 5 rings (SSSR count). The van der Waals surface area contributed by atoms with Crippen LogP contribution in [0.5, 0.6) is 0 Å². The van der Waals surface area contributed by atoms with E-state index in [1.165, 1.54) is 18.2 Å². The van der Waals surface area contributed by atoms with Gasteiger partial charge < -0.3 is 9.88 Å². The van der Waals surface area contributed by atoms with Crippen molar-refractivity contribution in [1.82, 2.24) is 19.7 Å². The Hall–Kier alpha value is -4.18. The quantitative estimate of drug-likeness (QED) is 0.261. The van der Waals surface area contributed by atoms with Crippen LogP contribution in [-0.4, -0.2) is 31.4 Å². The third-order valence-corrected chi connectivity index (χ3v) is 6.72. The lowest BCUT2D eigenvalue weighted by atomic mass is 10.0. The van der Waals surface area contributed by atoms with E-state index in [4.69, 9.17) is 4.98 Å². The van der Waals surface area contributed by atoms with Crippen LogP contribution in [-0.2, 0) is 18.0 Å². The molecule has 10 heteroatoms. The predicted octanol–water partition coefficient (Wildman–Crippen LogP) is 6.45. The molecule has 0 spiro atoms. The van der Waals surface area contributed by atoms with E-state index in [0.717, 1.165) is 45.6 Å². The number of hydrogen-bond acceptors (Lipinski definition) is 5. The molecule has 0 bridgehead atoms. The number of thioether (sulfide) groups is 1. The molecule has 0 saturated carbocycles. The number of nitrogens with one attached hydrogen (secondary N) is 1. The molecule has 0 atom stereocenters. The first-order valence-corrected chi connectivity index (χ1v) is 12.2. The predicted molar refractivity (Wildman–Crippen MR) is 138 cm³/mol. The summed E-state index contributed by atoms with van der Waals surface area (Å²) in [6.45, 7) is 0. The second kappa shape index (κ2) is 10.1. The molecule has 0 radical (unpaired) electrons. The summed E-state index contributed by atoms with van der Waals surface area (Å²) in [5, 5.41) is 12.3. The van der Waals surface area contributed by atoms with Gasteiger partial charge in [0, 0.05) is 23.6 Å². The summed E-state index contributed by atoms with van der Waals surface area (Å²) in [5.74, 6) is -0.127. The highest BCUT2D eigenvalue weighted by Crippen LogP contribution is 2.35. The fraction of sp³-hybridized carbons (Fsp3) is 0.111. The lowest BCUT2D eigenvalue weighted by Crippen LogP contribution is -2.18. The SMILES string of the molecule is Cn1c(SCC(=O)Nc2ccccc2C(F)(F)F)nnc1-c1cc(-c2ccccc2)nc2ccccc12. The fourth-order valence-electron chi connectivity index (χ4n) is 3.95. The number of pyridine rings is 1. The van der Waals surface area contributed by atoms with Gasteiger partial charge >= 0.3 is 6.18 Å². The van der Waals surface area contributed by atoms with Gasteiger partial charge in [0.2, 0.25) is 5.91 Å². The summed E-state index contributed by atoms with van der Waals surface area (Å²) in [7, 11) is 1.78. The van der Waals surface area contributed by atoms with E-state index in [2.05, 4.69) is 15.5 Å². The van der Waals surface area contributed by atoms with Crippen molar-refractivity contribution in [1.29, 1.82) is 0 Å². The number of carbonyl (C=O) groups is 1. The smallest absolute Gasteiger partial charge is 0.325 e. The third-order valence-electron chi connectivity index (χ3n) is 5.70. The van der Waals surface area contributed by atoms with Gasteiger partial charge in [-0.05, 0) is 24.3 Å². The van der Waals surface area contributed by atoms with Gasteiger partial charge in [-0.25, -0.2) is 4.98 Å². The molecule has 0 aliphatic rings. The van der Waals surface area contributed by atoms with E-state index in [0.29, 0.717) is 11.0 Å². The Morgan fingerprint density at radius 2 is 1.65 bits per heavy atom. The minimum Gasteiger partial charge on any atom is -0.325 e. The summed E-state index contributed by atoms with van der Waals surface area (Å²) >= 11 is 1.09. The highest BCUT2D eigenvalue weighted by atomic mass is 32.2. The van der Waals surface area contributed by atoms with Gasteiger partial charge in [0.15, 0.2) is 11.0 Å². The number of halogens is 3. The van der Waals surface area contributed by atoms with E-state index >= 15 is 0 Å². The molecule has 37 heavy (non-hydrogen) atoms. The number of benzene rings is 3. The molecule has 3 aromatic carbocycles. The number of carbonyl (C=O) groups excluding carboxylic acids is 1. The first kappa shape index (κ1) is 24.5. The standard InChI is InChI=1S/C27H20F3N5OS/c1-35-25(19-15-23(17-9-3-2-4-10-17)31-21-13-7-5-11-18(19)21)33-34-26(35)37-16-24(36)32-22-14-8-6-12-20(22)27(28,29)30/h2-15H,16H2,1H3,(H,32,36). The van der Waals surface area contributed by atoms with Crippen molar-refractivity contribution in [3.63, 3.8) is 0 Å². The lowest BCUT2D eigenvalue weighted by molar-refractivity contribution is -0.137. The molecule has 2 heterocycles. The molecule has 0 saturated heterocycles. The highest BCUT2D eigenvalue weighted by Gasteiger charge is 2.33. The molecule has 1 amide bonds. The zero-order valence-electron chi connectivity index (χ0n) is 19.5. The Labute approximate surface area is 214 Å². The highest BCUT2D eigenvalue weighted by molar-refractivity contribution is 7.99. The van der Waals surface area contributed by atoms with Gasteiger partial charge in [-0.1, -0.05) is 72.4 Å². The van der Waals surface area contributed by atoms with Gasteiger partial charge in [0.05, 0.1) is 28.2 Å². The average Bonchev–Trinajstić information content (AvgIpc) is 3.27. The first-order chi connectivity index (χ1) is 17.8. The third kappa shape index (κ3) is 5.19. The lowest BCUT2D eigenvalue weighted by Gasteiger charge is -2.13. The Morgan fingerprint density at radius 3 is 2.43 bits per heavy atom. The van der Waals surface area contributed by atoms with E-state index in [9.17, 15) is 18.0 Å². The number of nitrogens with zero attached hydrogens (tertiary/aromatic N) is 4. The fourth-order valence-corrected chi connectivity index (χ4v) is 4.66. The molecule has 5 aromatic rings. The van der Waals surface area contributed by atoms with Gasteiger partial charge in [0.1, 0.15) is 0 Å². The van der Waals surface area contributed by atoms with Crippen LogP contribution in [0, 0.1) is 0 Å². The largest absolute Gasteiger partial charge is 0.418 e. The van der Waals surface area contributed by atoms with Crippen molar-refractivity contribution in [2.75, 3.05) is 11.1 Å². The molecular formula is C27H20F3N5OS. The van der Waals surface area contributed by atoms with E-state index in [1.807, 2.05) is 60.7 Å². The molecule has 1 N–H and O–H groups in total. The van der Waals surface area contributed by atoms with Gasteiger partial charge in [-0.3, -0.25) is 4.79 Å². The van der Waals surface area contributed by atoms with Crippen LogP contribution in [0.2, 0.25) is 0 Å². The second-order valence-corrected chi connectivity index (χ2v) is 9.13.